The number of hydrogen-bond donors (Lipinski definition) is 1. The Morgan fingerprint density at radius 2 is 2.20 bits per heavy atom. The molecule has 1 aromatic carbocycles. The van der Waals surface area contributed by atoms with Gasteiger partial charge in [0.1, 0.15) is 0 Å². The first-order chi connectivity index (χ1) is 9.83. The van der Waals surface area contributed by atoms with E-state index in [1.54, 1.807) is 6.20 Å². The van der Waals surface area contributed by atoms with Crippen molar-refractivity contribution in [3.8, 4) is 5.69 Å². The Bertz CT molecular complexity index is 512. The van der Waals surface area contributed by atoms with E-state index in [-0.39, 0.29) is 0 Å². The van der Waals surface area contributed by atoms with Crippen LogP contribution in [0.15, 0.2) is 43.0 Å². The SMILES string of the molecule is CN(Cc1ccc(-n2ccnc2)cc1)C1CCCNC1. The molecule has 1 saturated heterocycles. The molecule has 0 radical (unpaired) electrons. The number of likely N-dealkylation sites (N-methyl/N-ethyl adjacent to an activating group) is 1. The zero-order valence-electron chi connectivity index (χ0n) is 12.0. The van der Waals surface area contributed by atoms with Crippen LogP contribution in [0.5, 0.6) is 0 Å². The Morgan fingerprint density at radius 1 is 1.35 bits per heavy atom. The lowest BCUT2D eigenvalue weighted by atomic mass is 10.1. The van der Waals surface area contributed by atoms with E-state index in [1.165, 1.54) is 24.9 Å². The molecular weight excluding hydrogens is 248 g/mol. The van der Waals surface area contributed by atoms with E-state index in [0.717, 1.165) is 18.8 Å². The number of hydrogen-bond acceptors (Lipinski definition) is 3. The highest BCUT2D eigenvalue weighted by atomic mass is 15.2. The van der Waals surface area contributed by atoms with Crippen LogP contribution in [-0.4, -0.2) is 40.6 Å². The van der Waals surface area contributed by atoms with Gasteiger partial charge in [-0.05, 0) is 44.1 Å². The Kier molecular flexibility index (Phi) is 4.14. The average Bonchev–Trinajstić information content (AvgIpc) is 3.03. The van der Waals surface area contributed by atoms with Crippen LogP contribution in [0.25, 0.3) is 5.69 Å². The molecule has 4 nitrogen and oxygen atoms in total. The number of rotatable bonds is 4. The van der Waals surface area contributed by atoms with Gasteiger partial charge in [-0.15, -0.1) is 0 Å². The predicted octanol–water partition coefficient (Wildman–Crippen LogP) is 2.06. The van der Waals surface area contributed by atoms with Crippen LogP contribution >= 0.6 is 0 Å². The summed E-state index contributed by atoms with van der Waals surface area (Å²) in [6, 6.07) is 9.40. The number of imidazole rings is 1. The molecule has 1 aromatic heterocycles. The summed E-state index contributed by atoms with van der Waals surface area (Å²) in [6.45, 7) is 3.30. The van der Waals surface area contributed by atoms with Crippen LogP contribution in [0, 0.1) is 0 Å². The van der Waals surface area contributed by atoms with Gasteiger partial charge in [0.15, 0.2) is 0 Å². The Morgan fingerprint density at radius 3 is 2.85 bits per heavy atom. The molecular formula is C16H22N4. The zero-order chi connectivity index (χ0) is 13.8. The average molecular weight is 270 g/mol. The van der Waals surface area contributed by atoms with Crippen LogP contribution in [-0.2, 0) is 6.54 Å². The van der Waals surface area contributed by atoms with Crippen molar-refractivity contribution in [1.29, 1.82) is 0 Å². The number of aromatic nitrogens is 2. The first-order valence-electron chi connectivity index (χ1n) is 7.31. The molecule has 0 saturated carbocycles. The predicted molar refractivity (Wildman–Crippen MR) is 80.9 cm³/mol. The van der Waals surface area contributed by atoms with E-state index in [4.69, 9.17) is 0 Å². The van der Waals surface area contributed by atoms with Gasteiger partial charge in [-0.3, -0.25) is 4.90 Å². The molecule has 0 amide bonds. The van der Waals surface area contributed by atoms with E-state index >= 15 is 0 Å². The van der Waals surface area contributed by atoms with Crippen LogP contribution in [0.1, 0.15) is 18.4 Å². The molecule has 106 valence electrons. The molecule has 4 heteroatoms. The fraction of sp³-hybridized carbons (Fsp3) is 0.438. The summed E-state index contributed by atoms with van der Waals surface area (Å²) in [5.74, 6) is 0. The van der Waals surface area contributed by atoms with Crippen molar-refractivity contribution >= 4 is 0 Å². The maximum absolute atomic E-state index is 4.08. The molecule has 1 N–H and O–H groups in total. The van der Waals surface area contributed by atoms with E-state index in [9.17, 15) is 0 Å². The molecule has 1 atom stereocenters. The number of piperidine rings is 1. The standard InChI is InChI=1S/C16H22N4/c1-19(16-3-2-8-17-11-16)12-14-4-6-15(7-5-14)20-10-9-18-13-20/h4-7,9-10,13,16-17H,2-3,8,11-12H2,1H3. The van der Waals surface area contributed by atoms with Crippen molar-refractivity contribution in [3.63, 3.8) is 0 Å². The minimum Gasteiger partial charge on any atom is -0.315 e. The van der Waals surface area contributed by atoms with Crippen molar-refractivity contribution in [3.05, 3.63) is 48.5 Å². The van der Waals surface area contributed by atoms with E-state index < -0.39 is 0 Å². The largest absolute Gasteiger partial charge is 0.315 e. The van der Waals surface area contributed by atoms with Gasteiger partial charge in [0.2, 0.25) is 0 Å². The van der Waals surface area contributed by atoms with Crippen LogP contribution < -0.4 is 5.32 Å². The lowest BCUT2D eigenvalue weighted by molar-refractivity contribution is 0.196. The van der Waals surface area contributed by atoms with Crippen LogP contribution in [0.2, 0.25) is 0 Å². The topological polar surface area (TPSA) is 33.1 Å². The van der Waals surface area contributed by atoms with Crippen LogP contribution in [0.4, 0.5) is 0 Å². The van der Waals surface area contributed by atoms with Crippen molar-refractivity contribution in [1.82, 2.24) is 19.8 Å². The number of nitrogens with zero attached hydrogens (tertiary/aromatic N) is 3. The van der Waals surface area contributed by atoms with E-state index in [2.05, 4.69) is 46.5 Å². The summed E-state index contributed by atoms with van der Waals surface area (Å²) in [5.41, 5.74) is 2.52. The summed E-state index contributed by atoms with van der Waals surface area (Å²) in [7, 11) is 2.22. The van der Waals surface area contributed by atoms with Gasteiger partial charge in [0, 0.05) is 37.2 Å². The van der Waals surface area contributed by atoms with Crippen molar-refractivity contribution in [2.75, 3.05) is 20.1 Å². The summed E-state index contributed by atoms with van der Waals surface area (Å²) < 4.78 is 2.03. The van der Waals surface area contributed by atoms with Crippen molar-refractivity contribution in [2.24, 2.45) is 0 Å². The highest BCUT2D eigenvalue weighted by molar-refractivity contribution is 5.34. The summed E-state index contributed by atoms with van der Waals surface area (Å²) in [5, 5.41) is 3.48. The molecule has 1 fully saturated rings. The fourth-order valence-corrected chi connectivity index (χ4v) is 2.81. The molecule has 2 heterocycles. The molecule has 3 rings (SSSR count). The first-order valence-corrected chi connectivity index (χ1v) is 7.31. The summed E-state index contributed by atoms with van der Waals surface area (Å²) in [6.07, 6.45) is 8.19. The smallest absolute Gasteiger partial charge is 0.0991 e. The van der Waals surface area contributed by atoms with Crippen molar-refractivity contribution in [2.45, 2.75) is 25.4 Å². The summed E-state index contributed by atoms with van der Waals surface area (Å²) in [4.78, 5) is 6.54. The molecule has 20 heavy (non-hydrogen) atoms. The molecule has 0 aliphatic carbocycles. The summed E-state index contributed by atoms with van der Waals surface area (Å²) >= 11 is 0. The molecule has 0 bridgehead atoms. The molecule has 1 unspecified atom stereocenters. The van der Waals surface area contributed by atoms with Gasteiger partial charge < -0.3 is 9.88 Å². The van der Waals surface area contributed by atoms with Gasteiger partial charge in [0.05, 0.1) is 6.33 Å². The first kappa shape index (κ1) is 13.3. The number of nitrogens with one attached hydrogen (secondary N) is 1. The second-order valence-corrected chi connectivity index (χ2v) is 5.55. The lowest BCUT2D eigenvalue weighted by Crippen LogP contribution is -2.43. The third kappa shape index (κ3) is 3.08. The fourth-order valence-electron chi connectivity index (χ4n) is 2.81. The van der Waals surface area contributed by atoms with Gasteiger partial charge in [-0.25, -0.2) is 4.98 Å². The number of benzene rings is 1. The normalized spacial score (nSPS) is 19.4. The maximum Gasteiger partial charge on any atom is 0.0991 e. The Labute approximate surface area is 120 Å². The third-order valence-electron chi connectivity index (χ3n) is 4.07. The molecule has 2 aromatic rings. The quantitative estimate of drug-likeness (QED) is 0.923. The van der Waals surface area contributed by atoms with Gasteiger partial charge >= 0.3 is 0 Å². The van der Waals surface area contributed by atoms with Crippen LogP contribution in [0.3, 0.4) is 0 Å². The minimum atomic E-state index is 0.664. The highest BCUT2D eigenvalue weighted by Crippen LogP contribution is 2.14. The lowest BCUT2D eigenvalue weighted by Gasteiger charge is -2.31. The zero-order valence-corrected chi connectivity index (χ0v) is 12.0. The second kappa shape index (κ2) is 6.20. The van der Waals surface area contributed by atoms with Gasteiger partial charge in [-0.2, -0.15) is 0 Å². The molecule has 0 spiro atoms. The van der Waals surface area contributed by atoms with Gasteiger partial charge in [-0.1, -0.05) is 12.1 Å². The highest BCUT2D eigenvalue weighted by Gasteiger charge is 2.17. The monoisotopic (exact) mass is 270 g/mol. The Balaban J connectivity index is 1.63. The van der Waals surface area contributed by atoms with E-state index in [1.807, 2.05) is 17.1 Å². The second-order valence-electron chi connectivity index (χ2n) is 5.55. The third-order valence-corrected chi connectivity index (χ3v) is 4.07. The van der Waals surface area contributed by atoms with Gasteiger partial charge in [0.25, 0.3) is 0 Å². The molecule has 1 aliphatic heterocycles. The molecule has 1 aliphatic rings. The van der Waals surface area contributed by atoms with E-state index in [0.29, 0.717) is 6.04 Å². The maximum atomic E-state index is 4.08. The minimum absolute atomic E-state index is 0.664. The Hall–Kier alpha value is -1.65. The van der Waals surface area contributed by atoms with Crippen molar-refractivity contribution < 1.29 is 0 Å².